The Kier molecular flexibility index (Phi) is 15.0. The second-order valence-electron chi connectivity index (χ2n) is 10.8. The van der Waals surface area contributed by atoms with Crippen molar-refractivity contribution in [2.24, 2.45) is 17.8 Å². The number of methoxy groups -OCH3 is 2. The van der Waals surface area contributed by atoms with Gasteiger partial charge in [-0.1, -0.05) is 77.1 Å². The van der Waals surface area contributed by atoms with Crippen LogP contribution in [0.5, 0.6) is 0 Å². The molecule has 0 aromatic heterocycles. The zero-order chi connectivity index (χ0) is 24.4. The highest BCUT2D eigenvalue weighted by Gasteiger charge is 2.39. The average Bonchev–Trinajstić information content (AvgIpc) is 2.68. The molecule has 0 radical (unpaired) electrons. The molecule has 7 atom stereocenters. The zero-order valence-electron chi connectivity index (χ0n) is 22.1. The van der Waals surface area contributed by atoms with Crippen molar-refractivity contribution < 1.29 is 19.0 Å². The summed E-state index contributed by atoms with van der Waals surface area (Å²) in [4.78, 5) is 0. The predicted octanol–water partition coefficient (Wildman–Crippen LogP) is 7.21. The van der Waals surface area contributed by atoms with Crippen molar-refractivity contribution in [2.45, 2.75) is 117 Å². The normalized spacial score (nSPS) is 20.3. The van der Waals surface area contributed by atoms with Gasteiger partial charge in [0, 0.05) is 32.2 Å². The number of hydrogen-bond acceptors (Lipinski definition) is 4. The van der Waals surface area contributed by atoms with Gasteiger partial charge in [-0.2, -0.15) is 0 Å². The molecule has 0 rings (SSSR count). The van der Waals surface area contributed by atoms with Crippen LogP contribution in [0, 0.1) is 17.8 Å². The van der Waals surface area contributed by atoms with E-state index in [1.54, 1.807) is 14.2 Å². The van der Waals surface area contributed by atoms with Gasteiger partial charge in [0.2, 0.25) is 0 Å². The molecule has 4 nitrogen and oxygen atoms in total. The van der Waals surface area contributed by atoms with Gasteiger partial charge >= 0.3 is 0 Å². The third kappa shape index (κ3) is 10.5. The first-order valence-electron chi connectivity index (χ1n) is 11.9. The van der Waals surface area contributed by atoms with Crippen molar-refractivity contribution in [3.8, 4) is 0 Å². The lowest BCUT2D eigenvalue weighted by Gasteiger charge is -2.40. The molecule has 0 saturated heterocycles. The molecule has 0 saturated carbocycles. The molecule has 0 fully saturated rings. The minimum atomic E-state index is -1.80. The lowest BCUT2D eigenvalue weighted by molar-refractivity contribution is -0.0330. The third-order valence-corrected chi connectivity index (χ3v) is 12.3. The summed E-state index contributed by atoms with van der Waals surface area (Å²) in [5, 5.41) is 11.0. The van der Waals surface area contributed by atoms with E-state index in [1.165, 1.54) is 0 Å². The Morgan fingerprint density at radius 2 is 1.61 bits per heavy atom. The van der Waals surface area contributed by atoms with Gasteiger partial charge in [-0.05, 0) is 53.8 Å². The second-order valence-corrected chi connectivity index (χ2v) is 16.3. The second kappa shape index (κ2) is 14.7. The van der Waals surface area contributed by atoms with Gasteiger partial charge in [0.25, 0.3) is 0 Å². The number of hydrogen-bond donors (Lipinski definition) is 1. The Morgan fingerprint density at radius 1 is 1.03 bits per heavy atom. The van der Waals surface area contributed by atoms with Crippen LogP contribution in [0.1, 0.15) is 74.1 Å². The number of aliphatic hydroxyl groups is 1. The summed E-state index contributed by atoms with van der Waals surface area (Å²) in [6.07, 6.45) is 5.69. The molecular weight excluding hydrogens is 519 g/mol. The largest absolute Gasteiger partial charge is 0.414 e. The van der Waals surface area contributed by atoms with E-state index in [0.717, 1.165) is 25.7 Å². The van der Waals surface area contributed by atoms with Gasteiger partial charge < -0.3 is 19.0 Å². The Morgan fingerprint density at radius 3 is 2.03 bits per heavy atom. The summed E-state index contributed by atoms with van der Waals surface area (Å²) >= 11 is 2.23. The molecule has 0 aliphatic heterocycles. The van der Waals surface area contributed by atoms with Crippen LogP contribution in [0.2, 0.25) is 18.1 Å². The highest BCUT2D eigenvalue weighted by Crippen LogP contribution is 2.38. The predicted molar refractivity (Wildman–Crippen MR) is 144 cm³/mol. The van der Waals surface area contributed by atoms with Gasteiger partial charge in [0.15, 0.2) is 8.32 Å². The first kappa shape index (κ1) is 31.5. The molecule has 6 heteroatoms. The fraction of sp³-hybridized carbons (Fsp3) is 0.920. The van der Waals surface area contributed by atoms with E-state index in [1.807, 2.05) is 4.08 Å². The molecular formula is C25H51IO4Si. The summed E-state index contributed by atoms with van der Waals surface area (Å²) < 4.78 is 20.3. The van der Waals surface area contributed by atoms with E-state index >= 15 is 0 Å². The van der Waals surface area contributed by atoms with Crippen molar-refractivity contribution >= 4 is 30.9 Å². The zero-order valence-corrected chi connectivity index (χ0v) is 25.2. The quantitative estimate of drug-likeness (QED) is 0.167. The topological polar surface area (TPSA) is 47.9 Å². The summed E-state index contributed by atoms with van der Waals surface area (Å²) in [7, 11) is 1.74. The van der Waals surface area contributed by atoms with Crippen molar-refractivity contribution in [2.75, 3.05) is 14.2 Å². The van der Waals surface area contributed by atoms with E-state index in [9.17, 15) is 5.11 Å². The van der Waals surface area contributed by atoms with Gasteiger partial charge in [-0.3, -0.25) is 0 Å². The van der Waals surface area contributed by atoms with E-state index in [-0.39, 0.29) is 41.3 Å². The molecule has 0 amide bonds. The fourth-order valence-electron chi connectivity index (χ4n) is 3.95. The van der Waals surface area contributed by atoms with Gasteiger partial charge in [0.1, 0.15) is 0 Å². The van der Waals surface area contributed by atoms with Crippen molar-refractivity contribution in [3.63, 3.8) is 0 Å². The maximum Gasteiger partial charge on any atom is 0.192 e. The smallest absolute Gasteiger partial charge is 0.192 e. The summed E-state index contributed by atoms with van der Waals surface area (Å²) in [5.74, 6) is 0.705. The fourth-order valence-corrected chi connectivity index (χ4v) is 6.05. The van der Waals surface area contributed by atoms with Gasteiger partial charge in [-0.25, -0.2) is 0 Å². The van der Waals surface area contributed by atoms with E-state index in [0.29, 0.717) is 5.92 Å². The van der Waals surface area contributed by atoms with Crippen LogP contribution in [-0.4, -0.2) is 52.1 Å². The Labute approximate surface area is 208 Å². The first-order valence-corrected chi connectivity index (χ1v) is 16.1. The van der Waals surface area contributed by atoms with E-state index in [2.05, 4.69) is 90.2 Å². The van der Waals surface area contributed by atoms with Crippen LogP contribution in [0.25, 0.3) is 0 Å². The highest BCUT2D eigenvalue weighted by molar-refractivity contribution is 14.1. The Bertz CT molecular complexity index is 506. The minimum Gasteiger partial charge on any atom is -0.414 e. The molecule has 1 unspecified atom stereocenters. The summed E-state index contributed by atoms with van der Waals surface area (Å²) in [5.41, 5.74) is 0. The minimum absolute atomic E-state index is 0.0111. The molecule has 31 heavy (non-hydrogen) atoms. The van der Waals surface area contributed by atoms with Gasteiger partial charge in [-0.15, -0.1) is 0 Å². The van der Waals surface area contributed by atoms with Crippen LogP contribution in [0.3, 0.4) is 0 Å². The Hall–Kier alpha value is 0.527. The van der Waals surface area contributed by atoms with Crippen molar-refractivity contribution in [1.29, 1.82) is 0 Å². The van der Waals surface area contributed by atoms with Crippen molar-refractivity contribution in [1.82, 2.24) is 0 Å². The van der Waals surface area contributed by atoms with Crippen LogP contribution in [-0.2, 0) is 13.9 Å². The molecule has 0 spiro atoms. The molecule has 186 valence electrons. The lowest BCUT2D eigenvalue weighted by atomic mass is 9.85. The van der Waals surface area contributed by atoms with Crippen LogP contribution in [0.15, 0.2) is 10.2 Å². The summed E-state index contributed by atoms with van der Waals surface area (Å²) in [6, 6.07) is 0. The highest BCUT2D eigenvalue weighted by atomic mass is 127. The van der Waals surface area contributed by atoms with Gasteiger partial charge in [0.05, 0.1) is 18.3 Å². The number of rotatable bonds is 15. The standard InChI is InChI=1S/C25H51IO4Si/c1-12-21(30-31(10,11)25(5,6)7)17-23(28-8)18(2)13-14-22(27)20(4)24(29-9)19(3)15-16-26/h15-16,18-24,27H,12-14,17H2,1-11H3/b16-15+/t18-,19+,20-,21+,22?,23-,24+/m0/s1. The number of ether oxygens (including phenoxy) is 2. The first-order chi connectivity index (χ1) is 14.2. The molecule has 0 aliphatic carbocycles. The van der Waals surface area contributed by atoms with Crippen LogP contribution < -0.4 is 0 Å². The maximum absolute atomic E-state index is 10.8. The number of aliphatic hydroxyl groups excluding tert-OH is 1. The SMILES string of the molecule is CC[C@H](C[C@H](OC)[C@@H](C)CCC(O)[C@H](C)[C@H](OC)[C@H](C)/C=C/I)O[Si](C)(C)C(C)(C)C. The molecule has 1 N–H and O–H groups in total. The lowest BCUT2D eigenvalue weighted by Crippen LogP contribution is -2.45. The Balaban J connectivity index is 4.93. The molecule has 0 aromatic carbocycles. The molecule has 0 aromatic rings. The van der Waals surface area contributed by atoms with Crippen LogP contribution >= 0.6 is 22.6 Å². The van der Waals surface area contributed by atoms with Crippen LogP contribution in [0.4, 0.5) is 0 Å². The van der Waals surface area contributed by atoms with Crippen molar-refractivity contribution in [3.05, 3.63) is 10.2 Å². The maximum atomic E-state index is 10.8. The molecule has 0 bridgehead atoms. The average molecular weight is 571 g/mol. The van der Waals surface area contributed by atoms with E-state index in [4.69, 9.17) is 13.9 Å². The molecule has 0 heterocycles. The monoisotopic (exact) mass is 570 g/mol. The van der Waals surface area contributed by atoms with E-state index < -0.39 is 8.32 Å². The number of halogens is 1. The summed E-state index contributed by atoms with van der Waals surface area (Å²) in [6.45, 7) is 20.2. The third-order valence-electron chi connectivity index (χ3n) is 7.37. The molecule has 0 aliphatic rings.